The van der Waals surface area contributed by atoms with Crippen LogP contribution in [0.15, 0.2) is 97.2 Å². The van der Waals surface area contributed by atoms with Crippen LogP contribution in [0.2, 0.25) is 0 Å². The average molecular weight is 1110 g/mol. The van der Waals surface area contributed by atoms with Crippen LogP contribution in [-0.4, -0.2) is 37.2 Å². The fourth-order valence-corrected chi connectivity index (χ4v) is 9.78. The number of esters is 3. The van der Waals surface area contributed by atoms with Crippen LogP contribution in [0.3, 0.4) is 0 Å². The average Bonchev–Trinajstić information content (AvgIpc) is 3.46. The maximum absolute atomic E-state index is 12.9. The van der Waals surface area contributed by atoms with Crippen molar-refractivity contribution >= 4 is 17.9 Å². The van der Waals surface area contributed by atoms with Gasteiger partial charge in [0.25, 0.3) is 0 Å². The molecule has 0 rings (SSSR count). The minimum absolute atomic E-state index is 0.0987. The van der Waals surface area contributed by atoms with Crippen molar-refractivity contribution in [1.29, 1.82) is 0 Å². The first-order valence-corrected chi connectivity index (χ1v) is 34.2. The second-order valence-corrected chi connectivity index (χ2v) is 22.7. The maximum atomic E-state index is 12.9. The molecular weight excluding hydrogens is 985 g/mol. The molecule has 80 heavy (non-hydrogen) atoms. The van der Waals surface area contributed by atoms with Gasteiger partial charge in [-0.15, -0.1) is 0 Å². The molecule has 0 saturated carbocycles. The summed E-state index contributed by atoms with van der Waals surface area (Å²) in [5.74, 6) is -0.951. The molecule has 0 aromatic heterocycles. The Bertz CT molecular complexity index is 1560. The molecule has 460 valence electrons. The molecule has 0 aromatic carbocycles. The van der Waals surface area contributed by atoms with Crippen LogP contribution >= 0.6 is 0 Å². The Morgan fingerprint density at radius 2 is 0.487 bits per heavy atom. The van der Waals surface area contributed by atoms with Crippen molar-refractivity contribution in [3.05, 3.63) is 97.2 Å². The van der Waals surface area contributed by atoms with Gasteiger partial charge >= 0.3 is 17.9 Å². The predicted octanol–water partition coefficient (Wildman–Crippen LogP) is 23.6. The number of rotatable bonds is 62. The van der Waals surface area contributed by atoms with Gasteiger partial charge in [-0.2, -0.15) is 0 Å². The summed E-state index contributed by atoms with van der Waals surface area (Å²) in [4.78, 5) is 38.3. The molecule has 0 N–H and O–H groups in total. The number of allylic oxidation sites excluding steroid dienone is 16. The number of ether oxygens (including phenoxy) is 3. The molecule has 1 unspecified atom stereocenters. The summed E-state index contributed by atoms with van der Waals surface area (Å²) in [6.45, 7) is 6.40. The molecule has 0 radical (unpaired) electrons. The molecule has 1 atom stereocenters. The largest absolute Gasteiger partial charge is 0.462 e. The van der Waals surface area contributed by atoms with Crippen molar-refractivity contribution in [1.82, 2.24) is 0 Å². The van der Waals surface area contributed by atoms with Gasteiger partial charge in [0.1, 0.15) is 13.2 Å². The Balaban J connectivity index is 4.25. The van der Waals surface area contributed by atoms with E-state index in [1.165, 1.54) is 173 Å². The van der Waals surface area contributed by atoms with E-state index in [-0.39, 0.29) is 37.5 Å². The van der Waals surface area contributed by atoms with Crippen LogP contribution in [0.1, 0.15) is 335 Å². The zero-order valence-corrected chi connectivity index (χ0v) is 52.8. The maximum Gasteiger partial charge on any atom is 0.306 e. The molecule has 0 saturated heterocycles. The fraction of sp³-hybridized carbons (Fsp3) is 0.743. The highest BCUT2D eigenvalue weighted by Crippen LogP contribution is 2.18. The van der Waals surface area contributed by atoms with Crippen LogP contribution in [0.4, 0.5) is 0 Å². The van der Waals surface area contributed by atoms with Crippen molar-refractivity contribution in [2.75, 3.05) is 13.2 Å². The highest BCUT2D eigenvalue weighted by atomic mass is 16.6. The number of carbonyl (C=O) groups is 3. The summed E-state index contributed by atoms with van der Waals surface area (Å²) in [5, 5.41) is 0. The van der Waals surface area contributed by atoms with Crippen LogP contribution in [-0.2, 0) is 28.6 Å². The second kappa shape index (κ2) is 67.8. The Morgan fingerprint density at radius 1 is 0.263 bits per heavy atom. The molecule has 0 aromatic rings. The highest BCUT2D eigenvalue weighted by molar-refractivity contribution is 5.71. The normalized spacial score (nSPS) is 12.7. The third kappa shape index (κ3) is 65.1. The highest BCUT2D eigenvalue weighted by Gasteiger charge is 2.19. The van der Waals surface area contributed by atoms with E-state index in [4.69, 9.17) is 14.2 Å². The van der Waals surface area contributed by atoms with Gasteiger partial charge in [-0.1, -0.05) is 317 Å². The second-order valence-electron chi connectivity index (χ2n) is 22.7. The van der Waals surface area contributed by atoms with Gasteiger partial charge in [0, 0.05) is 19.3 Å². The van der Waals surface area contributed by atoms with E-state index in [0.717, 1.165) is 122 Å². The first kappa shape index (κ1) is 76.3. The van der Waals surface area contributed by atoms with Crippen LogP contribution in [0, 0.1) is 0 Å². The van der Waals surface area contributed by atoms with Gasteiger partial charge in [-0.25, -0.2) is 0 Å². The lowest BCUT2D eigenvalue weighted by Gasteiger charge is -2.18. The van der Waals surface area contributed by atoms with Crippen molar-refractivity contribution in [2.45, 2.75) is 341 Å². The standard InChI is InChI=1S/C74H128O6/c1-4-7-10-13-16-19-22-25-27-29-31-32-33-34-35-36-37-38-39-40-41-43-44-46-49-52-55-58-61-64-67-73(76)79-70-71(69-78-72(75)66-63-60-57-54-51-48-24-21-18-15-12-9-6-3)80-74(77)68-65-62-59-56-53-50-47-45-42-30-28-26-23-20-17-14-11-8-5-2/h8-9,11-12,17-18,20-21,26,28,42,45,48,50-51,53,71H,4-7,10,13-16,19,22-25,27,29-41,43-44,46-47,49,52,54-70H2,1-3H3/b11-8-,12-9-,20-17-,21-18-,28-26-,45-42-,51-48-,53-50-. The minimum Gasteiger partial charge on any atom is -0.462 e. The summed E-state index contributed by atoms with van der Waals surface area (Å²) < 4.78 is 16.9. The quantitative estimate of drug-likeness (QED) is 0.0261. The van der Waals surface area contributed by atoms with E-state index in [9.17, 15) is 14.4 Å². The van der Waals surface area contributed by atoms with Crippen LogP contribution in [0.25, 0.3) is 0 Å². The number of hydrogen-bond acceptors (Lipinski definition) is 6. The van der Waals surface area contributed by atoms with Crippen molar-refractivity contribution in [3.63, 3.8) is 0 Å². The molecule has 0 spiro atoms. The fourth-order valence-electron chi connectivity index (χ4n) is 9.78. The third-order valence-electron chi connectivity index (χ3n) is 14.8. The number of carbonyl (C=O) groups excluding carboxylic acids is 3. The van der Waals surface area contributed by atoms with Crippen molar-refractivity contribution in [3.8, 4) is 0 Å². The Kier molecular flexibility index (Phi) is 64.7. The van der Waals surface area contributed by atoms with Crippen molar-refractivity contribution in [2.24, 2.45) is 0 Å². The van der Waals surface area contributed by atoms with E-state index in [0.29, 0.717) is 12.8 Å². The van der Waals surface area contributed by atoms with E-state index in [1.807, 2.05) is 0 Å². The Morgan fingerprint density at radius 3 is 0.762 bits per heavy atom. The first-order chi connectivity index (χ1) is 39.5. The van der Waals surface area contributed by atoms with Crippen molar-refractivity contribution < 1.29 is 28.6 Å². The lowest BCUT2D eigenvalue weighted by Crippen LogP contribution is -2.30. The molecule has 0 aliphatic heterocycles. The van der Waals surface area contributed by atoms with E-state index < -0.39 is 6.10 Å². The molecule has 0 fully saturated rings. The summed E-state index contributed by atoms with van der Waals surface area (Å²) in [6, 6.07) is 0. The Hall–Kier alpha value is -3.67. The smallest absolute Gasteiger partial charge is 0.306 e. The lowest BCUT2D eigenvalue weighted by molar-refractivity contribution is -0.167. The molecule has 6 nitrogen and oxygen atoms in total. The minimum atomic E-state index is -0.808. The molecule has 0 bridgehead atoms. The van der Waals surface area contributed by atoms with Gasteiger partial charge in [0.15, 0.2) is 6.10 Å². The summed E-state index contributed by atoms with van der Waals surface area (Å²) >= 11 is 0. The summed E-state index contributed by atoms with van der Waals surface area (Å²) in [7, 11) is 0. The molecule has 0 aliphatic carbocycles. The van der Waals surface area contributed by atoms with E-state index >= 15 is 0 Å². The van der Waals surface area contributed by atoms with Crippen LogP contribution < -0.4 is 0 Å². The van der Waals surface area contributed by atoms with E-state index in [1.54, 1.807) is 0 Å². The third-order valence-corrected chi connectivity index (χ3v) is 14.8. The summed E-state index contributed by atoms with van der Waals surface area (Å²) in [5.41, 5.74) is 0. The van der Waals surface area contributed by atoms with Crippen LogP contribution in [0.5, 0.6) is 0 Å². The number of hydrogen-bond donors (Lipinski definition) is 0. The van der Waals surface area contributed by atoms with Gasteiger partial charge in [0.05, 0.1) is 0 Å². The molecule has 0 heterocycles. The van der Waals surface area contributed by atoms with Gasteiger partial charge < -0.3 is 14.2 Å². The molecule has 6 heteroatoms. The molecule has 0 aliphatic rings. The van der Waals surface area contributed by atoms with Gasteiger partial charge in [-0.3, -0.25) is 14.4 Å². The Labute approximate surface area is 496 Å². The topological polar surface area (TPSA) is 78.9 Å². The number of unbranched alkanes of at least 4 members (excludes halogenated alkanes) is 35. The lowest BCUT2D eigenvalue weighted by atomic mass is 10.0. The zero-order valence-electron chi connectivity index (χ0n) is 52.8. The SMILES string of the molecule is CC/C=C\C/C=C\C/C=C\C/C=C\C/C=C\CCCCCC(=O)OC(COC(=O)CCCCC/C=C\C/C=C\C/C=C\CC)COC(=O)CCCCCCCCCCCCCCCCCCCCCCCCCCCCCCCC. The van der Waals surface area contributed by atoms with Gasteiger partial charge in [-0.05, 0) is 96.3 Å². The summed E-state index contributed by atoms with van der Waals surface area (Å²) in [6.07, 6.45) is 91.7. The zero-order chi connectivity index (χ0) is 57.8. The molecular formula is C74H128O6. The predicted molar refractivity (Wildman–Crippen MR) is 348 cm³/mol. The monoisotopic (exact) mass is 1110 g/mol. The molecule has 0 amide bonds. The van der Waals surface area contributed by atoms with E-state index in [2.05, 4.69) is 118 Å². The first-order valence-electron chi connectivity index (χ1n) is 34.2. The van der Waals surface area contributed by atoms with Gasteiger partial charge in [0.2, 0.25) is 0 Å².